The summed E-state index contributed by atoms with van der Waals surface area (Å²) in [5, 5.41) is 7.52. The van der Waals surface area contributed by atoms with Crippen LogP contribution in [0.4, 0.5) is 4.79 Å². The van der Waals surface area contributed by atoms with Gasteiger partial charge in [0.25, 0.3) is 0 Å². The zero-order valence-corrected chi connectivity index (χ0v) is 13.1. The summed E-state index contributed by atoms with van der Waals surface area (Å²) in [5.74, 6) is 1.30. The van der Waals surface area contributed by atoms with E-state index in [9.17, 15) is 4.79 Å². The lowest BCUT2D eigenvalue weighted by Crippen LogP contribution is -2.45. The molecule has 21 heavy (non-hydrogen) atoms. The first-order valence-corrected chi connectivity index (χ1v) is 7.54. The Morgan fingerprint density at radius 3 is 2.76 bits per heavy atom. The summed E-state index contributed by atoms with van der Waals surface area (Å²) >= 11 is 0. The van der Waals surface area contributed by atoms with Crippen LogP contribution in [0.1, 0.15) is 32.5 Å². The minimum absolute atomic E-state index is 0.185. The molecular weight excluding hydrogens is 270 g/mol. The highest BCUT2D eigenvalue weighted by Gasteiger charge is 2.23. The number of carbonyl (C=O) groups is 1. The van der Waals surface area contributed by atoms with Gasteiger partial charge in [-0.25, -0.2) is 9.78 Å². The van der Waals surface area contributed by atoms with E-state index < -0.39 is 0 Å². The van der Waals surface area contributed by atoms with Gasteiger partial charge in [-0.2, -0.15) is 5.10 Å². The first-order valence-electron chi connectivity index (χ1n) is 7.54. The summed E-state index contributed by atoms with van der Waals surface area (Å²) in [6, 6.07) is 0.413. The Labute approximate surface area is 125 Å². The lowest BCUT2D eigenvalue weighted by Gasteiger charge is -2.31. The summed E-state index contributed by atoms with van der Waals surface area (Å²) < 4.78 is 7.03. The van der Waals surface area contributed by atoms with Crippen molar-refractivity contribution < 1.29 is 9.53 Å². The lowest BCUT2D eigenvalue weighted by molar-refractivity contribution is 0.0817. The monoisotopic (exact) mass is 295 g/mol. The number of carbonyl (C=O) groups excluding carboxylic acids is 1. The van der Waals surface area contributed by atoms with Crippen LogP contribution in [0.2, 0.25) is 0 Å². The maximum absolute atomic E-state index is 11.9. The van der Waals surface area contributed by atoms with Gasteiger partial charge in [-0.3, -0.25) is 4.68 Å². The molecule has 7 heteroatoms. The minimum Gasteiger partial charge on any atom is -0.449 e. The summed E-state index contributed by atoms with van der Waals surface area (Å²) in [5.41, 5.74) is 0. The number of hydrogen-bond donors (Lipinski definition) is 1. The highest BCUT2D eigenvalue weighted by atomic mass is 16.6. The molecule has 1 aromatic rings. The van der Waals surface area contributed by atoms with Gasteiger partial charge in [0.1, 0.15) is 12.2 Å². The largest absolute Gasteiger partial charge is 0.449 e. The molecule has 1 N–H and O–H groups in total. The van der Waals surface area contributed by atoms with E-state index in [0.29, 0.717) is 25.1 Å². The fourth-order valence-corrected chi connectivity index (χ4v) is 2.31. The van der Waals surface area contributed by atoms with Gasteiger partial charge in [0.05, 0.1) is 13.2 Å². The SMILES string of the molecule is CC(C)COC(=O)N1CCC(NCc2ncnn2C)CC1. The summed E-state index contributed by atoms with van der Waals surface area (Å²) in [7, 11) is 1.89. The third-order valence-electron chi connectivity index (χ3n) is 3.65. The zero-order valence-electron chi connectivity index (χ0n) is 13.1. The van der Waals surface area contributed by atoms with Crippen molar-refractivity contribution in [2.24, 2.45) is 13.0 Å². The molecule has 2 heterocycles. The quantitative estimate of drug-likeness (QED) is 0.882. The van der Waals surface area contributed by atoms with E-state index in [4.69, 9.17) is 4.74 Å². The van der Waals surface area contributed by atoms with Gasteiger partial charge in [-0.05, 0) is 18.8 Å². The fraction of sp³-hybridized carbons (Fsp3) is 0.786. The normalized spacial score (nSPS) is 16.5. The average Bonchev–Trinajstić information content (AvgIpc) is 2.88. The van der Waals surface area contributed by atoms with Gasteiger partial charge in [0.15, 0.2) is 0 Å². The van der Waals surface area contributed by atoms with Crippen LogP contribution in [0.3, 0.4) is 0 Å². The van der Waals surface area contributed by atoms with Crippen molar-refractivity contribution in [1.82, 2.24) is 25.0 Å². The maximum atomic E-state index is 11.9. The molecule has 1 aliphatic heterocycles. The van der Waals surface area contributed by atoms with Gasteiger partial charge in [0, 0.05) is 26.2 Å². The van der Waals surface area contributed by atoms with Crippen LogP contribution in [-0.4, -0.2) is 51.5 Å². The van der Waals surface area contributed by atoms with Crippen LogP contribution in [0, 0.1) is 5.92 Å². The number of aryl methyl sites for hydroxylation is 1. The molecule has 7 nitrogen and oxygen atoms in total. The Hall–Kier alpha value is -1.63. The molecule has 118 valence electrons. The Kier molecular flexibility index (Phi) is 5.55. The van der Waals surface area contributed by atoms with Crippen LogP contribution in [0.25, 0.3) is 0 Å². The molecule has 1 aromatic heterocycles. The third kappa shape index (κ3) is 4.70. The van der Waals surface area contributed by atoms with Crippen molar-refractivity contribution in [2.45, 2.75) is 39.3 Å². The van der Waals surface area contributed by atoms with Crippen molar-refractivity contribution in [3.8, 4) is 0 Å². The molecule has 0 aliphatic carbocycles. The summed E-state index contributed by atoms with van der Waals surface area (Å²) in [4.78, 5) is 17.8. The molecule has 0 bridgehead atoms. The van der Waals surface area contributed by atoms with Gasteiger partial charge < -0.3 is 15.0 Å². The average molecular weight is 295 g/mol. The standard InChI is InChI=1S/C14H25N5O2/c1-11(2)9-21-14(20)19-6-4-12(5-7-19)15-8-13-16-10-17-18(13)3/h10-12,15H,4-9H2,1-3H3. The molecule has 1 fully saturated rings. The third-order valence-corrected chi connectivity index (χ3v) is 3.65. The number of piperidine rings is 1. The zero-order chi connectivity index (χ0) is 15.2. The van der Waals surface area contributed by atoms with Gasteiger partial charge in [-0.15, -0.1) is 0 Å². The van der Waals surface area contributed by atoms with Crippen LogP contribution < -0.4 is 5.32 Å². The molecule has 0 saturated carbocycles. The van der Waals surface area contributed by atoms with Crippen molar-refractivity contribution in [3.05, 3.63) is 12.2 Å². The van der Waals surface area contributed by atoms with Gasteiger partial charge >= 0.3 is 6.09 Å². The van der Waals surface area contributed by atoms with E-state index >= 15 is 0 Å². The molecule has 0 spiro atoms. The highest BCUT2D eigenvalue weighted by Crippen LogP contribution is 2.12. The van der Waals surface area contributed by atoms with Crippen molar-refractivity contribution in [1.29, 1.82) is 0 Å². The predicted octanol–water partition coefficient (Wildman–Crippen LogP) is 1.16. The molecule has 0 unspecified atom stereocenters. The number of likely N-dealkylation sites (tertiary alicyclic amines) is 1. The Bertz CT molecular complexity index is 452. The Morgan fingerprint density at radius 1 is 1.48 bits per heavy atom. The molecule has 0 radical (unpaired) electrons. The topological polar surface area (TPSA) is 72.3 Å². The second-order valence-corrected chi connectivity index (χ2v) is 5.91. The van der Waals surface area contributed by atoms with Crippen molar-refractivity contribution in [3.63, 3.8) is 0 Å². The van der Waals surface area contributed by atoms with E-state index in [1.807, 2.05) is 20.9 Å². The molecule has 1 aliphatic rings. The Morgan fingerprint density at radius 2 is 2.19 bits per heavy atom. The Balaban J connectivity index is 1.68. The molecular formula is C14H25N5O2. The number of nitrogens with zero attached hydrogens (tertiary/aromatic N) is 4. The number of aromatic nitrogens is 3. The second kappa shape index (κ2) is 7.40. The summed E-state index contributed by atoms with van der Waals surface area (Å²) in [6.07, 6.45) is 3.25. The smallest absolute Gasteiger partial charge is 0.409 e. The number of ether oxygens (including phenoxy) is 1. The first kappa shape index (κ1) is 15.8. The highest BCUT2D eigenvalue weighted by molar-refractivity contribution is 5.67. The van der Waals surface area contributed by atoms with E-state index in [0.717, 1.165) is 31.8 Å². The predicted molar refractivity (Wildman–Crippen MR) is 78.6 cm³/mol. The summed E-state index contributed by atoms with van der Waals surface area (Å²) in [6.45, 7) is 6.76. The van der Waals surface area contributed by atoms with Crippen molar-refractivity contribution in [2.75, 3.05) is 19.7 Å². The van der Waals surface area contributed by atoms with Crippen LogP contribution in [0.15, 0.2) is 6.33 Å². The lowest BCUT2D eigenvalue weighted by atomic mass is 10.1. The number of rotatable bonds is 5. The second-order valence-electron chi connectivity index (χ2n) is 5.91. The van der Waals surface area contributed by atoms with Crippen LogP contribution in [0.5, 0.6) is 0 Å². The molecule has 1 saturated heterocycles. The fourth-order valence-electron chi connectivity index (χ4n) is 2.31. The first-order chi connectivity index (χ1) is 10.1. The minimum atomic E-state index is -0.185. The maximum Gasteiger partial charge on any atom is 0.409 e. The van der Waals surface area contributed by atoms with E-state index in [-0.39, 0.29) is 6.09 Å². The number of nitrogens with one attached hydrogen (secondary N) is 1. The molecule has 1 amide bonds. The molecule has 2 rings (SSSR count). The van der Waals surface area contributed by atoms with Gasteiger partial charge in [-0.1, -0.05) is 13.8 Å². The van der Waals surface area contributed by atoms with Crippen LogP contribution in [-0.2, 0) is 18.3 Å². The van der Waals surface area contributed by atoms with E-state index in [1.165, 1.54) is 0 Å². The molecule has 0 atom stereocenters. The van der Waals surface area contributed by atoms with E-state index in [2.05, 4.69) is 15.4 Å². The number of hydrogen-bond acceptors (Lipinski definition) is 5. The van der Waals surface area contributed by atoms with E-state index in [1.54, 1.807) is 15.9 Å². The van der Waals surface area contributed by atoms with Crippen molar-refractivity contribution >= 4 is 6.09 Å². The molecule has 0 aromatic carbocycles. The van der Waals surface area contributed by atoms with Gasteiger partial charge in [0.2, 0.25) is 0 Å². The number of amides is 1. The van der Waals surface area contributed by atoms with Crippen LogP contribution >= 0.6 is 0 Å².